The predicted molar refractivity (Wildman–Crippen MR) is 280 cm³/mol. The summed E-state index contributed by atoms with van der Waals surface area (Å²) >= 11 is 0. The molecule has 386 valence electrons. The van der Waals surface area contributed by atoms with Crippen LogP contribution in [0.2, 0.25) is 0 Å². The van der Waals surface area contributed by atoms with Crippen molar-refractivity contribution in [3.8, 4) is 0 Å². The number of carbonyl (C=O) groups excluding carboxylic acids is 3. The Balaban J connectivity index is 4.14. The molecular formula is C59H114O6. The number of hydrogen-bond acceptors (Lipinski definition) is 6. The van der Waals surface area contributed by atoms with Crippen LogP contribution in [-0.2, 0) is 28.6 Å². The van der Waals surface area contributed by atoms with Gasteiger partial charge < -0.3 is 14.2 Å². The Labute approximate surface area is 406 Å². The number of unbranched alkanes of at least 4 members (excludes halogenated alkanes) is 40. The van der Waals surface area contributed by atoms with Crippen molar-refractivity contribution < 1.29 is 28.6 Å². The van der Waals surface area contributed by atoms with Gasteiger partial charge in [-0.25, -0.2) is 0 Å². The number of hydrogen-bond donors (Lipinski definition) is 0. The Hall–Kier alpha value is -1.59. The Kier molecular flexibility index (Phi) is 52.1. The summed E-state index contributed by atoms with van der Waals surface area (Å²) in [5, 5.41) is 0. The monoisotopic (exact) mass is 919 g/mol. The lowest BCUT2D eigenvalue weighted by atomic mass is 9.99. The van der Waals surface area contributed by atoms with Crippen LogP contribution in [0.3, 0.4) is 0 Å². The summed E-state index contributed by atoms with van der Waals surface area (Å²) in [4.78, 5) is 38.0. The largest absolute Gasteiger partial charge is 0.462 e. The Morgan fingerprint density at radius 3 is 0.800 bits per heavy atom. The van der Waals surface area contributed by atoms with E-state index >= 15 is 0 Å². The van der Waals surface area contributed by atoms with Crippen LogP contribution in [0.25, 0.3) is 0 Å². The van der Waals surface area contributed by atoms with Crippen LogP contribution in [0, 0.1) is 5.92 Å². The zero-order chi connectivity index (χ0) is 47.4. The van der Waals surface area contributed by atoms with Gasteiger partial charge in [-0.1, -0.05) is 297 Å². The molecule has 6 heteroatoms. The molecule has 0 saturated heterocycles. The van der Waals surface area contributed by atoms with E-state index in [2.05, 4.69) is 27.7 Å². The van der Waals surface area contributed by atoms with Crippen molar-refractivity contribution in [1.29, 1.82) is 0 Å². The SMILES string of the molecule is CCCCCCCCCCCCCCCCCCC(=O)OC[C@H](COC(=O)CCCCCCCCCCCCCCCCCCCCC(C)CC)OC(=O)CCCCCCCCCCC. The van der Waals surface area contributed by atoms with E-state index in [0.29, 0.717) is 19.3 Å². The molecule has 0 aliphatic rings. The van der Waals surface area contributed by atoms with E-state index in [-0.39, 0.29) is 31.1 Å². The van der Waals surface area contributed by atoms with E-state index in [4.69, 9.17) is 14.2 Å². The average molecular weight is 920 g/mol. The number of ether oxygens (including phenoxy) is 3. The van der Waals surface area contributed by atoms with Crippen molar-refractivity contribution in [2.24, 2.45) is 5.92 Å². The first-order chi connectivity index (χ1) is 31.9. The third-order valence-corrected chi connectivity index (χ3v) is 13.9. The van der Waals surface area contributed by atoms with Gasteiger partial charge >= 0.3 is 17.9 Å². The topological polar surface area (TPSA) is 78.9 Å². The van der Waals surface area contributed by atoms with Gasteiger partial charge in [0.15, 0.2) is 6.10 Å². The highest BCUT2D eigenvalue weighted by Crippen LogP contribution is 2.18. The van der Waals surface area contributed by atoms with Crippen LogP contribution in [0.1, 0.15) is 336 Å². The molecule has 65 heavy (non-hydrogen) atoms. The van der Waals surface area contributed by atoms with Gasteiger partial charge in [-0.3, -0.25) is 14.4 Å². The first-order valence-corrected chi connectivity index (χ1v) is 29.4. The number of esters is 3. The summed E-state index contributed by atoms with van der Waals surface area (Å²) in [5.41, 5.74) is 0. The molecular weight excluding hydrogens is 805 g/mol. The second kappa shape index (κ2) is 53.4. The maximum atomic E-state index is 12.8. The summed E-state index contributed by atoms with van der Waals surface area (Å²) in [5.74, 6) is 0.0716. The minimum absolute atomic E-state index is 0.0621. The lowest BCUT2D eigenvalue weighted by Gasteiger charge is -2.18. The smallest absolute Gasteiger partial charge is 0.306 e. The van der Waals surface area contributed by atoms with Gasteiger partial charge in [0.2, 0.25) is 0 Å². The van der Waals surface area contributed by atoms with Crippen LogP contribution in [0.5, 0.6) is 0 Å². The summed E-state index contributed by atoms with van der Waals surface area (Å²) in [6, 6.07) is 0. The molecule has 1 unspecified atom stereocenters. The van der Waals surface area contributed by atoms with Gasteiger partial charge in [-0.05, 0) is 25.2 Å². The molecule has 2 atom stereocenters. The van der Waals surface area contributed by atoms with Crippen LogP contribution in [0.4, 0.5) is 0 Å². The molecule has 0 spiro atoms. The second-order valence-electron chi connectivity index (χ2n) is 20.5. The zero-order valence-corrected chi connectivity index (χ0v) is 44.5. The molecule has 0 aliphatic heterocycles. The van der Waals surface area contributed by atoms with E-state index < -0.39 is 6.10 Å². The minimum Gasteiger partial charge on any atom is -0.462 e. The molecule has 0 aliphatic carbocycles. The molecule has 0 aromatic carbocycles. The van der Waals surface area contributed by atoms with Gasteiger partial charge in [0.1, 0.15) is 13.2 Å². The second-order valence-corrected chi connectivity index (χ2v) is 20.5. The highest BCUT2D eigenvalue weighted by atomic mass is 16.6. The predicted octanol–water partition coefficient (Wildman–Crippen LogP) is 19.4. The molecule has 0 heterocycles. The van der Waals surface area contributed by atoms with Crippen molar-refractivity contribution in [1.82, 2.24) is 0 Å². The molecule has 0 fully saturated rings. The molecule has 0 saturated carbocycles. The van der Waals surface area contributed by atoms with Crippen molar-refractivity contribution in [3.05, 3.63) is 0 Å². The van der Waals surface area contributed by atoms with Gasteiger partial charge in [-0.15, -0.1) is 0 Å². The van der Waals surface area contributed by atoms with E-state index in [9.17, 15) is 14.4 Å². The maximum absolute atomic E-state index is 12.8. The highest BCUT2D eigenvalue weighted by Gasteiger charge is 2.19. The maximum Gasteiger partial charge on any atom is 0.306 e. The summed E-state index contributed by atoms with van der Waals surface area (Å²) < 4.78 is 16.8. The normalized spacial score (nSPS) is 12.4. The van der Waals surface area contributed by atoms with Crippen LogP contribution in [-0.4, -0.2) is 37.2 Å². The first kappa shape index (κ1) is 63.4. The number of rotatable bonds is 54. The van der Waals surface area contributed by atoms with Crippen LogP contribution < -0.4 is 0 Å². The van der Waals surface area contributed by atoms with Crippen molar-refractivity contribution in [2.45, 2.75) is 342 Å². The Morgan fingerprint density at radius 2 is 0.538 bits per heavy atom. The minimum atomic E-state index is -0.760. The lowest BCUT2D eigenvalue weighted by Crippen LogP contribution is -2.30. The van der Waals surface area contributed by atoms with E-state index in [1.807, 2.05) is 0 Å². The highest BCUT2D eigenvalue weighted by molar-refractivity contribution is 5.71. The quantitative estimate of drug-likeness (QED) is 0.0344. The molecule has 0 aromatic rings. The lowest BCUT2D eigenvalue weighted by molar-refractivity contribution is -0.167. The summed E-state index contributed by atoms with van der Waals surface area (Å²) in [6.45, 7) is 9.09. The molecule has 6 nitrogen and oxygen atoms in total. The third kappa shape index (κ3) is 51.6. The van der Waals surface area contributed by atoms with Crippen molar-refractivity contribution in [2.75, 3.05) is 13.2 Å². The Bertz CT molecular complexity index is 982. The third-order valence-electron chi connectivity index (χ3n) is 13.9. The molecule has 0 N–H and O–H groups in total. The van der Waals surface area contributed by atoms with Gasteiger partial charge in [0.25, 0.3) is 0 Å². The molecule has 0 rings (SSSR count). The number of carbonyl (C=O) groups is 3. The standard InChI is InChI=1S/C59H114O6/c1-5-8-10-12-14-16-17-18-19-25-28-31-35-38-42-46-50-57(60)63-53-56(65-59(62)52-48-44-40-33-15-13-11-9-6-2)54-64-58(61)51-47-43-39-36-32-29-26-23-21-20-22-24-27-30-34-37-41-45-49-55(4)7-3/h55-56H,5-54H2,1-4H3/t55?,56-/m1/s1. The van der Waals surface area contributed by atoms with E-state index in [0.717, 1.165) is 63.7 Å². The molecule has 0 aromatic heterocycles. The fourth-order valence-corrected chi connectivity index (χ4v) is 9.07. The van der Waals surface area contributed by atoms with Gasteiger partial charge in [-0.2, -0.15) is 0 Å². The summed E-state index contributed by atoms with van der Waals surface area (Å²) in [6.07, 6.45) is 58.1. The molecule has 0 radical (unpaired) electrons. The van der Waals surface area contributed by atoms with Gasteiger partial charge in [0.05, 0.1) is 0 Å². The fraction of sp³-hybridized carbons (Fsp3) is 0.949. The van der Waals surface area contributed by atoms with Crippen LogP contribution in [0.15, 0.2) is 0 Å². The summed E-state index contributed by atoms with van der Waals surface area (Å²) in [7, 11) is 0. The average Bonchev–Trinajstić information content (AvgIpc) is 3.30. The van der Waals surface area contributed by atoms with Crippen molar-refractivity contribution in [3.63, 3.8) is 0 Å². The van der Waals surface area contributed by atoms with E-state index in [1.54, 1.807) is 0 Å². The van der Waals surface area contributed by atoms with Crippen molar-refractivity contribution >= 4 is 17.9 Å². The van der Waals surface area contributed by atoms with Gasteiger partial charge in [0, 0.05) is 19.3 Å². The fourth-order valence-electron chi connectivity index (χ4n) is 9.07. The Morgan fingerprint density at radius 1 is 0.308 bits per heavy atom. The van der Waals surface area contributed by atoms with E-state index in [1.165, 1.54) is 231 Å². The molecule has 0 bridgehead atoms. The van der Waals surface area contributed by atoms with Crippen LogP contribution >= 0.6 is 0 Å². The first-order valence-electron chi connectivity index (χ1n) is 29.4. The zero-order valence-electron chi connectivity index (χ0n) is 44.5. The molecule has 0 amide bonds.